The SMILES string of the molecule is CCOP(=S)(S)OCO[C@H](COc1ccccc1CCc1cccc(OC)c1)CN(C)C. The molecule has 2 atom stereocenters. The normalized spacial score (nSPS) is 14.2. The van der Waals surface area contributed by atoms with Crippen molar-refractivity contribution in [2.45, 2.75) is 25.9 Å². The molecule has 2 aromatic carbocycles. The first-order chi connectivity index (χ1) is 15.3. The van der Waals surface area contributed by atoms with Gasteiger partial charge >= 0.3 is 0 Å². The van der Waals surface area contributed by atoms with Gasteiger partial charge in [0.15, 0.2) is 6.79 Å². The smallest absolute Gasteiger partial charge is 0.246 e. The van der Waals surface area contributed by atoms with Gasteiger partial charge in [0.1, 0.15) is 24.2 Å². The molecule has 0 amide bonds. The number of thiol groups is 1. The standard InChI is InChI=1S/C23H34NO5PS2/c1-5-28-30(31,32)29-18-27-22(16-24(2)3)17-26-23-12-7-6-10-20(23)14-13-19-9-8-11-21(15-19)25-4/h6-12,15,22H,5,13-14,16-18H2,1-4H3,(H,31,32)/t22-/m0/s1. The van der Waals surface area contributed by atoms with Gasteiger partial charge in [-0.05, 0) is 75.0 Å². The summed E-state index contributed by atoms with van der Waals surface area (Å²) in [6.45, 7) is 3.40. The Morgan fingerprint density at radius 1 is 1.06 bits per heavy atom. The van der Waals surface area contributed by atoms with Crippen LogP contribution in [0.2, 0.25) is 0 Å². The quantitative estimate of drug-likeness (QED) is 0.211. The third kappa shape index (κ3) is 10.2. The summed E-state index contributed by atoms with van der Waals surface area (Å²) in [5.74, 6) is 1.73. The molecule has 0 aromatic heterocycles. The van der Waals surface area contributed by atoms with E-state index in [0.29, 0.717) is 19.8 Å². The molecule has 0 spiro atoms. The molecule has 0 bridgehead atoms. The molecule has 0 radical (unpaired) electrons. The van der Waals surface area contributed by atoms with Crippen molar-refractivity contribution in [2.75, 3.05) is 47.8 Å². The maximum Gasteiger partial charge on any atom is 0.246 e. The van der Waals surface area contributed by atoms with E-state index >= 15 is 0 Å². The monoisotopic (exact) mass is 499 g/mol. The summed E-state index contributed by atoms with van der Waals surface area (Å²) in [5.41, 5.74) is -0.198. The fourth-order valence-electron chi connectivity index (χ4n) is 3.10. The predicted octanol–water partition coefficient (Wildman–Crippen LogP) is 4.97. The highest BCUT2D eigenvalue weighted by atomic mass is 32.9. The number of likely N-dealkylation sites (N-methyl/N-ethyl adjacent to an activating group) is 1. The van der Waals surface area contributed by atoms with E-state index in [1.54, 1.807) is 7.11 Å². The molecule has 6 nitrogen and oxygen atoms in total. The second kappa shape index (κ2) is 14.2. The third-order valence-corrected chi connectivity index (χ3v) is 6.94. The Labute approximate surface area is 202 Å². The maximum absolute atomic E-state index is 6.16. The number of hydrogen-bond acceptors (Lipinski definition) is 7. The number of methoxy groups -OCH3 is 1. The summed E-state index contributed by atoms with van der Waals surface area (Å²) >= 11 is 9.51. The summed E-state index contributed by atoms with van der Waals surface area (Å²) in [6, 6.07) is 16.2. The highest BCUT2D eigenvalue weighted by molar-refractivity contribution is 8.60. The number of nitrogens with zero attached hydrogens (tertiary/aromatic N) is 1. The van der Waals surface area contributed by atoms with Crippen LogP contribution in [0.4, 0.5) is 0 Å². The molecule has 1 unspecified atom stereocenters. The first-order valence-electron chi connectivity index (χ1n) is 10.5. The Morgan fingerprint density at radius 3 is 2.56 bits per heavy atom. The Morgan fingerprint density at radius 2 is 1.84 bits per heavy atom. The fourth-order valence-corrected chi connectivity index (χ4v) is 4.62. The maximum atomic E-state index is 6.16. The van der Waals surface area contributed by atoms with Gasteiger partial charge in [0.25, 0.3) is 0 Å². The molecule has 0 fully saturated rings. The molecule has 0 N–H and O–H groups in total. The zero-order valence-corrected chi connectivity index (χ0v) is 21.8. The van der Waals surface area contributed by atoms with Gasteiger partial charge in [-0.2, -0.15) is 0 Å². The van der Waals surface area contributed by atoms with Crippen molar-refractivity contribution in [1.82, 2.24) is 4.90 Å². The van der Waals surface area contributed by atoms with Gasteiger partial charge < -0.3 is 23.6 Å². The molecule has 0 aliphatic rings. The second-order valence-electron chi connectivity index (χ2n) is 7.45. The Kier molecular flexibility index (Phi) is 12.0. The molecule has 178 valence electrons. The van der Waals surface area contributed by atoms with E-state index in [1.165, 1.54) is 5.56 Å². The second-order valence-corrected chi connectivity index (χ2v) is 12.7. The van der Waals surface area contributed by atoms with Gasteiger partial charge in [-0.25, -0.2) is 0 Å². The third-order valence-electron chi connectivity index (χ3n) is 4.60. The molecule has 0 aliphatic heterocycles. The van der Waals surface area contributed by atoms with Crippen LogP contribution in [0.3, 0.4) is 0 Å². The highest BCUT2D eigenvalue weighted by Gasteiger charge is 2.17. The molecule has 9 heteroatoms. The summed E-state index contributed by atoms with van der Waals surface area (Å²) in [5, 5.41) is 0. The van der Waals surface area contributed by atoms with Gasteiger partial charge in [-0.1, -0.05) is 42.6 Å². The highest BCUT2D eigenvalue weighted by Crippen LogP contribution is 2.53. The molecular weight excluding hydrogens is 465 g/mol. The van der Waals surface area contributed by atoms with E-state index in [0.717, 1.165) is 29.9 Å². The minimum Gasteiger partial charge on any atom is -0.497 e. The van der Waals surface area contributed by atoms with Crippen molar-refractivity contribution < 1.29 is 23.3 Å². The first-order valence-corrected chi connectivity index (χ1v) is 14.3. The molecule has 2 aromatic rings. The van der Waals surface area contributed by atoms with Gasteiger partial charge in [0.2, 0.25) is 5.69 Å². The van der Waals surface area contributed by atoms with Gasteiger partial charge in [0.05, 0.1) is 13.7 Å². The lowest BCUT2D eigenvalue weighted by atomic mass is 10.0. The minimum atomic E-state index is -2.57. The topological polar surface area (TPSA) is 49.4 Å². The van der Waals surface area contributed by atoms with Crippen molar-refractivity contribution in [3.05, 3.63) is 59.7 Å². The number of rotatable bonds is 15. The number of hydrogen-bond donors (Lipinski definition) is 1. The molecule has 2 rings (SSSR count). The summed E-state index contributed by atoms with van der Waals surface area (Å²) in [6.07, 6.45) is 1.57. The van der Waals surface area contributed by atoms with Crippen LogP contribution < -0.4 is 9.47 Å². The van der Waals surface area contributed by atoms with Crippen LogP contribution in [-0.2, 0) is 38.4 Å². The van der Waals surface area contributed by atoms with Crippen LogP contribution in [0.25, 0.3) is 0 Å². The largest absolute Gasteiger partial charge is 0.497 e. The fraction of sp³-hybridized carbons (Fsp3) is 0.478. The van der Waals surface area contributed by atoms with Gasteiger partial charge in [-0.3, -0.25) is 4.52 Å². The van der Waals surface area contributed by atoms with E-state index in [9.17, 15) is 0 Å². The van der Waals surface area contributed by atoms with E-state index in [-0.39, 0.29) is 12.9 Å². The van der Waals surface area contributed by atoms with Crippen LogP contribution in [0, 0.1) is 0 Å². The van der Waals surface area contributed by atoms with Crippen LogP contribution in [0.15, 0.2) is 48.5 Å². The molecule has 0 aliphatic carbocycles. The molecule has 0 saturated carbocycles. The average molecular weight is 500 g/mol. The minimum absolute atomic E-state index is 0.0140. The van der Waals surface area contributed by atoms with Crippen molar-refractivity contribution >= 4 is 29.7 Å². The molecule has 0 heterocycles. The average Bonchev–Trinajstić information content (AvgIpc) is 2.76. The molecule has 32 heavy (non-hydrogen) atoms. The van der Waals surface area contributed by atoms with Crippen LogP contribution in [0.5, 0.6) is 11.5 Å². The Hall–Kier alpha value is -1.12. The molecular formula is C23H34NO5PS2. The summed E-state index contributed by atoms with van der Waals surface area (Å²) in [4.78, 5) is 2.04. The number of benzene rings is 2. The van der Waals surface area contributed by atoms with E-state index in [1.807, 2.05) is 56.3 Å². The van der Waals surface area contributed by atoms with E-state index in [2.05, 4.69) is 30.4 Å². The van der Waals surface area contributed by atoms with Crippen LogP contribution in [-0.4, -0.2) is 58.8 Å². The molecule has 0 saturated heterocycles. The lowest BCUT2D eigenvalue weighted by Gasteiger charge is -2.24. The zero-order valence-electron chi connectivity index (χ0n) is 19.2. The van der Waals surface area contributed by atoms with Crippen molar-refractivity contribution in [1.29, 1.82) is 0 Å². The van der Waals surface area contributed by atoms with Crippen molar-refractivity contribution in [3.8, 4) is 11.5 Å². The first kappa shape index (κ1) is 27.1. The van der Waals surface area contributed by atoms with Gasteiger partial charge in [-0.15, -0.1) is 0 Å². The van der Waals surface area contributed by atoms with Crippen LogP contribution >= 0.6 is 17.9 Å². The van der Waals surface area contributed by atoms with Crippen LogP contribution in [0.1, 0.15) is 18.1 Å². The summed E-state index contributed by atoms with van der Waals surface area (Å²) in [7, 11) is 5.66. The summed E-state index contributed by atoms with van der Waals surface area (Å²) < 4.78 is 28.2. The number of aryl methyl sites for hydroxylation is 2. The number of ether oxygens (including phenoxy) is 3. The van der Waals surface area contributed by atoms with Crippen molar-refractivity contribution in [2.24, 2.45) is 0 Å². The predicted molar refractivity (Wildman–Crippen MR) is 137 cm³/mol. The lowest BCUT2D eigenvalue weighted by Crippen LogP contribution is -2.34. The lowest BCUT2D eigenvalue weighted by molar-refractivity contribution is -0.0597. The van der Waals surface area contributed by atoms with E-state index < -0.39 is 5.69 Å². The Balaban J connectivity index is 1.94. The van der Waals surface area contributed by atoms with Crippen molar-refractivity contribution in [3.63, 3.8) is 0 Å². The zero-order chi connectivity index (χ0) is 23.4. The number of para-hydroxylation sites is 1. The van der Waals surface area contributed by atoms with Gasteiger partial charge in [0, 0.05) is 6.54 Å². The van der Waals surface area contributed by atoms with E-state index in [4.69, 9.17) is 35.1 Å². The Bertz CT molecular complexity index is 868.